The Morgan fingerprint density at radius 1 is 0.808 bits per heavy atom. The van der Waals surface area contributed by atoms with Crippen molar-refractivity contribution in [2.45, 2.75) is 0 Å². The van der Waals surface area contributed by atoms with Crippen molar-refractivity contribution in [2.75, 3.05) is 0 Å². The average molecular weight is 343 g/mol. The predicted octanol–water partition coefficient (Wildman–Crippen LogP) is 3.50. The van der Waals surface area contributed by atoms with Crippen LogP contribution in [0.3, 0.4) is 0 Å². The third-order valence-corrected chi connectivity index (χ3v) is 4.20. The second kappa shape index (κ2) is 6.29. The topological polar surface area (TPSA) is 76.4 Å². The van der Waals surface area contributed by atoms with E-state index in [2.05, 4.69) is 5.32 Å². The SMILES string of the molecule is O=C(NC1=C(c2ccoc2)C(=O)c2ccccc2C1=O)c1ccccc1. The quantitative estimate of drug-likeness (QED) is 0.790. The van der Waals surface area contributed by atoms with Crippen molar-refractivity contribution in [1.82, 2.24) is 5.32 Å². The molecule has 0 unspecified atom stereocenters. The summed E-state index contributed by atoms with van der Waals surface area (Å²) in [7, 11) is 0. The largest absolute Gasteiger partial charge is 0.472 e. The summed E-state index contributed by atoms with van der Waals surface area (Å²) in [6.45, 7) is 0. The second-order valence-corrected chi connectivity index (χ2v) is 5.79. The smallest absolute Gasteiger partial charge is 0.255 e. The highest BCUT2D eigenvalue weighted by Crippen LogP contribution is 2.31. The van der Waals surface area contributed by atoms with Crippen molar-refractivity contribution in [3.63, 3.8) is 0 Å². The standard InChI is InChI=1S/C21H13NO4/c23-19-15-8-4-5-9-16(15)20(24)18(17(19)14-10-11-26-12-14)22-21(25)13-6-2-1-3-7-13/h1-12H,(H,22,25). The maximum Gasteiger partial charge on any atom is 0.255 e. The van der Waals surface area contributed by atoms with Crippen molar-refractivity contribution in [3.8, 4) is 0 Å². The Bertz CT molecular complexity index is 1050. The molecule has 1 aromatic heterocycles. The Hall–Kier alpha value is -3.73. The van der Waals surface area contributed by atoms with Gasteiger partial charge in [-0.1, -0.05) is 42.5 Å². The number of ketones is 2. The molecule has 3 aromatic rings. The number of benzene rings is 2. The monoisotopic (exact) mass is 343 g/mol. The zero-order valence-electron chi connectivity index (χ0n) is 13.6. The van der Waals surface area contributed by atoms with E-state index in [4.69, 9.17) is 4.42 Å². The molecule has 126 valence electrons. The van der Waals surface area contributed by atoms with Gasteiger partial charge in [-0.15, -0.1) is 0 Å². The number of amides is 1. The lowest BCUT2D eigenvalue weighted by Crippen LogP contribution is -2.33. The Balaban J connectivity index is 1.85. The number of furan rings is 1. The molecule has 1 amide bonds. The molecule has 1 aliphatic carbocycles. The molecule has 5 nitrogen and oxygen atoms in total. The van der Waals surface area contributed by atoms with Gasteiger partial charge in [-0.3, -0.25) is 14.4 Å². The minimum atomic E-state index is -0.456. The van der Waals surface area contributed by atoms with Gasteiger partial charge >= 0.3 is 0 Å². The summed E-state index contributed by atoms with van der Waals surface area (Å²) in [5.41, 5.74) is 1.52. The average Bonchev–Trinajstić information content (AvgIpc) is 3.21. The number of nitrogens with one attached hydrogen (secondary N) is 1. The van der Waals surface area contributed by atoms with Crippen molar-refractivity contribution < 1.29 is 18.8 Å². The molecule has 0 fully saturated rings. The molecule has 0 saturated carbocycles. The first kappa shape index (κ1) is 15.8. The molecule has 5 heteroatoms. The first-order valence-electron chi connectivity index (χ1n) is 7.98. The summed E-state index contributed by atoms with van der Waals surface area (Å²) < 4.78 is 5.07. The van der Waals surface area contributed by atoms with Crippen molar-refractivity contribution in [1.29, 1.82) is 0 Å². The highest BCUT2D eigenvalue weighted by Gasteiger charge is 2.34. The van der Waals surface area contributed by atoms with E-state index in [-0.39, 0.29) is 22.6 Å². The van der Waals surface area contributed by atoms with Crippen LogP contribution in [0.1, 0.15) is 36.6 Å². The number of carbonyl (C=O) groups excluding carboxylic acids is 3. The zero-order chi connectivity index (χ0) is 18.1. The van der Waals surface area contributed by atoms with Gasteiger partial charge in [0.2, 0.25) is 5.78 Å². The first-order valence-corrected chi connectivity index (χ1v) is 7.98. The van der Waals surface area contributed by atoms with E-state index in [1.807, 2.05) is 0 Å². The van der Waals surface area contributed by atoms with Gasteiger partial charge in [-0.25, -0.2) is 0 Å². The molecule has 0 aliphatic heterocycles. The molecular weight excluding hydrogens is 330 g/mol. The predicted molar refractivity (Wildman–Crippen MR) is 94.6 cm³/mol. The number of Topliss-reactive ketones (excluding diaryl/α,β-unsaturated/α-hetero) is 2. The summed E-state index contributed by atoms with van der Waals surface area (Å²) in [4.78, 5) is 38.5. The molecule has 0 atom stereocenters. The van der Waals surface area contributed by atoms with Gasteiger partial charge in [0.05, 0.1) is 18.1 Å². The Morgan fingerprint density at radius 2 is 1.46 bits per heavy atom. The summed E-state index contributed by atoms with van der Waals surface area (Å²) in [5.74, 6) is -1.19. The Morgan fingerprint density at radius 3 is 2.12 bits per heavy atom. The van der Waals surface area contributed by atoms with Gasteiger partial charge in [0, 0.05) is 22.3 Å². The van der Waals surface area contributed by atoms with E-state index in [0.717, 1.165) is 0 Å². The maximum absolute atomic E-state index is 13.0. The van der Waals surface area contributed by atoms with E-state index in [1.165, 1.54) is 12.5 Å². The highest BCUT2D eigenvalue weighted by atomic mass is 16.3. The fourth-order valence-electron chi connectivity index (χ4n) is 2.95. The number of hydrogen-bond donors (Lipinski definition) is 1. The molecule has 2 aromatic carbocycles. The summed E-state index contributed by atoms with van der Waals surface area (Å²) in [5, 5.41) is 2.62. The first-order chi connectivity index (χ1) is 12.7. The number of hydrogen-bond acceptors (Lipinski definition) is 4. The molecular formula is C21H13NO4. The molecule has 1 aliphatic rings. The minimum Gasteiger partial charge on any atom is -0.472 e. The maximum atomic E-state index is 13.0. The third kappa shape index (κ3) is 2.56. The lowest BCUT2D eigenvalue weighted by molar-refractivity contribution is 0.0927. The number of carbonyl (C=O) groups is 3. The molecule has 1 N–H and O–H groups in total. The van der Waals surface area contributed by atoms with Gasteiger partial charge in [-0.2, -0.15) is 0 Å². The molecule has 0 saturated heterocycles. The van der Waals surface area contributed by atoms with Crippen molar-refractivity contribution >= 4 is 23.0 Å². The van der Waals surface area contributed by atoms with Crippen LogP contribution in [0, 0.1) is 0 Å². The van der Waals surface area contributed by atoms with Crippen LogP contribution in [0.4, 0.5) is 0 Å². The molecule has 26 heavy (non-hydrogen) atoms. The van der Waals surface area contributed by atoms with Crippen LogP contribution < -0.4 is 5.32 Å². The molecule has 0 spiro atoms. The van der Waals surface area contributed by atoms with Gasteiger partial charge in [0.15, 0.2) is 5.78 Å². The van der Waals surface area contributed by atoms with Gasteiger partial charge in [0.1, 0.15) is 5.70 Å². The van der Waals surface area contributed by atoms with Gasteiger partial charge < -0.3 is 9.73 Å². The minimum absolute atomic E-state index is 0.0380. The number of fused-ring (bicyclic) bond motifs is 1. The van der Waals surface area contributed by atoms with Crippen molar-refractivity contribution in [2.24, 2.45) is 0 Å². The van der Waals surface area contributed by atoms with E-state index in [1.54, 1.807) is 60.7 Å². The van der Waals surface area contributed by atoms with E-state index in [9.17, 15) is 14.4 Å². The van der Waals surface area contributed by atoms with Crippen LogP contribution in [-0.4, -0.2) is 17.5 Å². The van der Waals surface area contributed by atoms with Crippen LogP contribution in [0.5, 0.6) is 0 Å². The van der Waals surface area contributed by atoms with E-state index in [0.29, 0.717) is 16.7 Å². The Kier molecular flexibility index (Phi) is 3.82. The van der Waals surface area contributed by atoms with Gasteiger partial charge in [0.25, 0.3) is 5.91 Å². The summed E-state index contributed by atoms with van der Waals surface area (Å²) >= 11 is 0. The number of allylic oxidation sites excluding steroid dienone is 2. The second-order valence-electron chi connectivity index (χ2n) is 5.79. The lowest BCUT2D eigenvalue weighted by Gasteiger charge is -2.21. The van der Waals surface area contributed by atoms with E-state index < -0.39 is 11.7 Å². The molecule has 0 bridgehead atoms. The third-order valence-electron chi connectivity index (χ3n) is 4.20. The van der Waals surface area contributed by atoms with Crippen LogP contribution in [0.2, 0.25) is 0 Å². The fraction of sp³-hybridized carbons (Fsp3) is 0. The van der Waals surface area contributed by atoms with Crippen LogP contribution in [0.25, 0.3) is 5.57 Å². The fourth-order valence-corrected chi connectivity index (χ4v) is 2.95. The van der Waals surface area contributed by atoms with E-state index >= 15 is 0 Å². The summed E-state index contributed by atoms with van der Waals surface area (Å²) in [6, 6.07) is 16.7. The van der Waals surface area contributed by atoms with Crippen molar-refractivity contribution in [3.05, 3.63) is 101 Å². The normalized spacial score (nSPS) is 13.5. The van der Waals surface area contributed by atoms with Crippen LogP contribution in [-0.2, 0) is 0 Å². The molecule has 1 heterocycles. The Labute approximate surface area is 149 Å². The van der Waals surface area contributed by atoms with Crippen LogP contribution in [0.15, 0.2) is 83.3 Å². The highest BCUT2D eigenvalue weighted by molar-refractivity contribution is 6.41. The van der Waals surface area contributed by atoms with Gasteiger partial charge in [-0.05, 0) is 18.2 Å². The molecule has 0 radical (unpaired) electrons. The van der Waals surface area contributed by atoms with Crippen LogP contribution >= 0.6 is 0 Å². The summed E-state index contributed by atoms with van der Waals surface area (Å²) in [6.07, 6.45) is 2.79. The number of rotatable bonds is 3. The lowest BCUT2D eigenvalue weighted by atomic mass is 9.84. The molecule has 4 rings (SSSR count). The zero-order valence-corrected chi connectivity index (χ0v) is 13.6.